The van der Waals surface area contributed by atoms with E-state index in [1.165, 1.54) is 44.1 Å². The summed E-state index contributed by atoms with van der Waals surface area (Å²) < 4.78 is 1.08. The van der Waals surface area contributed by atoms with E-state index in [0.29, 0.717) is 6.04 Å². The Hall–Kier alpha value is -0.410. The summed E-state index contributed by atoms with van der Waals surface area (Å²) in [6, 6.07) is 2.81. The van der Waals surface area contributed by atoms with Gasteiger partial charge in [0.15, 0.2) is 0 Å². The third-order valence-electron chi connectivity index (χ3n) is 4.15. The molecule has 106 valence electrons. The van der Waals surface area contributed by atoms with Gasteiger partial charge in [-0.2, -0.15) is 0 Å². The minimum atomic E-state index is 0.610. The summed E-state index contributed by atoms with van der Waals surface area (Å²) in [5, 5.41) is 3.70. The van der Waals surface area contributed by atoms with Crippen molar-refractivity contribution in [1.82, 2.24) is 10.3 Å². The van der Waals surface area contributed by atoms with Crippen LogP contribution in [-0.2, 0) is 6.42 Å². The van der Waals surface area contributed by atoms with Gasteiger partial charge in [-0.3, -0.25) is 4.98 Å². The summed E-state index contributed by atoms with van der Waals surface area (Å²) in [6.45, 7) is 3.27. The van der Waals surface area contributed by atoms with Crippen LogP contribution in [0.5, 0.6) is 0 Å². The summed E-state index contributed by atoms with van der Waals surface area (Å²) in [5.74, 6) is 0.835. The number of nitrogens with one attached hydrogen (secondary N) is 1. The minimum Gasteiger partial charge on any atom is -0.314 e. The number of hydrogen-bond acceptors (Lipinski definition) is 2. The molecular formula is C16H25BrN2. The molecular weight excluding hydrogens is 300 g/mol. The standard InChI is InChI=1S/C16H25BrN2/c1-2-19-16(14-7-5-3-4-6-8-14)10-13-9-15(17)12-18-11-13/h9,11-12,14,16,19H,2-8,10H2,1H3. The van der Waals surface area contributed by atoms with Crippen LogP contribution in [0.1, 0.15) is 51.0 Å². The van der Waals surface area contributed by atoms with Gasteiger partial charge in [-0.25, -0.2) is 0 Å². The molecule has 2 nitrogen and oxygen atoms in total. The summed E-state index contributed by atoms with van der Waals surface area (Å²) in [4.78, 5) is 4.29. The van der Waals surface area contributed by atoms with Crippen molar-refractivity contribution in [2.24, 2.45) is 5.92 Å². The number of likely N-dealkylation sites (N-methyl/N-ethyl adjacent to an activating group) is 1. The lowest BCUT2D eigenvalue weighted by molar-refractivity contribution is 0.321. The molecule has 0 aromatic carbocycles. The van der Waals surface area contributed by atoms with Crippen LogP contribution in [0.15, 0.2) is 22.9 Å². The summed E-state index contributed by atoms with van der Waals surface area (Å²) in [5.41, 5.74) is 1.34. The van der Waals surface area contributed by atoms with Crippen LogP contribution in [-0.4, -0.2) is 17.6 Å². The fourth-order valence-corrected chi connectivity index (χ4v) is 3.61. The van der Waals surface area contributed by atoms with Crippen LogP contribution >= 0.6 is 15.9 Å². The van der Waals surface area contributed by atoms with Crippen LogP contribution in [0.25, 0.3) is 0 Å². The average molecular weight is 325 g/mol. The monoisotopic (exact) mass is 324 g/mol. The number of pyridine rings is 1. The van der Waals surface area contributed by atoms with Gasteiger partial charge in [-0.15, -0.1) is 0 Å². The maximum Gasteiger partial charge on any atom is 0.0410 e. The third kappa shape index (κ3) is 4.88. The molecule has 0 radical (unpaired) electrons. The molecule has 3 heteroatoms. The van der Waals surface area contributed by atoms with Gasteiger partial charge < -0.3 is 5.32 Å². The molecule has 1 unspecified atom stereocenters. The predicted octanol–water partition coefficient (Wildman–Crippen LogP) is 4.34. The molecule has 1 fully saturated rings. The highest BCUT2D eigenvalue weighted by Crippen LogP contribution is 2.27. The number of rotatable bonds is 5. The topological polar surface area (TPSA) is 24.9 Å². The van der Waals surface area contributed by atoms with Gasteiger partial charge in [0.2, 0.25) is 0 Å². The first-order valence-corrected chi connectivity index (χ1v) is 8.41. The maximum atomic E-state index is 4.29. The third-order valence-corrected chi connectivity index (χ3v) is 4.59. The van der Waals surface area contributed by atoms with Gasteiger partial charge in [-0.05, 0) is 59.3 Å². The SMILES string of the molecule is CCNC(Cc1cncc(Br)c1)C1CCCCCC1. The van der Waals surface area contributed by atoms with Crippen molar-refractivity contribution in [2.45, 2.75) is 57.9 Å². The molecule has 1 saturated carbocycles. The van der Waals surface area contributed by atoms with Crippen molar-refractivity contribution in [1.29, 1.82) is 0 Å². The van der Waals surface area contributed by atoms with E-state index in [2.05, 4.69) is 39.2 Å². The molecule has 1 aliphatic rings. The molecule has 0 bridgehead atoms. The van der Waals surface area contributed by atoms with Crippen molar-refractivity contribution < 1.29 is 0 Å². The van der Waals surface area contributed by atoms with Gasteiger partial charge >= 0.3 is 0 Å². The smallest absolute Gasteiger partial charge is 0.0410 e. The van der Waals surface area contributed by atoms with E-state index in [9.17, 15) is 0 Å². The molecule has 19 heavy (non-hydrogen) atoms. The highest BCUT2D eigenvalue weighted by atomic mass is 79.9. The van der Waals surface area contributed by atoms with Gasteiger partial charge in [0.05, 0.1) is 0 Å². The Bertz CT molecular complexity index is 373. The van der Waals surface area contributed by atoms with Gasteiger partial charge in [-0.1, -0.05) is 32.6 Å². The summed E-state index contributed by atoms with van der Waals surface area (Å²) >= 11 is 3.52. The van der Waals surface area contributed by atoms with E-state index in [-0.39, 0.29) is 0 Å². The first kappa shape index (κ1) is 15.0. The van der Waals surface area contributed by atoms with Crippen LogP contribution in [0.4, 0.5) is 0 Å². The molecule has 1 aliphatic carbocycles. The summed E-state index contributed by atoms with van der Waals surface area (Å²) in [6.07, 6.45) is 13.4. The Balaban J connectivity index is 2.02. The maximum absolute atomic E-state index is 4.29. The zero-order valence-electron chi connectivity index (χ0n) is 11.9. The van der Waals surface area contributed by atoms with E-state index >= 15 is 0 Å². The molecule has 1 aromatic rings. The average Bonchev–Trinajstić information content (AvgIpc) is 2.67. The normalized spacial score (nSPS) is 19.1. The lowest BCUT2D eigenvalue weighted by Gasteiger charge is -2.27. The van der Waals surface area contributed by atoms with Crippen LogP contribution < -0.4 is 5.32 Å². The lowest BCUT2D eigenvalue weighted by atomic mass is 9.88. The first-order chi connectivity index (χ1) is 9.29. The number of hydrogen-bond donors (Lipinski definition) is 1. The Morgan fingerprint density at radius 3 is 2.63 bits per heavy atom. The van der Waals surface area contributed by atoms with E-state index < -0.39 is 0 Å². The first-order valence-electron chi connectivity index (χ1n) is 7.62. The lowest BCUT2D eigenvalue weighted by Crippen LogP contribution is -2.38. The van der Waals surface area contributed by atoms with Crippen molar-refractivity contribution >= 4 is 15.9 Å². The fourth-order valence-electron chi connectivity index (χ4n) is 3.20. The quantitative estimate of drug-likeness (QED) is 0.815. The van der Waals surface area contributed by atoms with E-state index in [1.54, 1.807) is 0 Å². The molecule has 0 spiro atoms. The van der Waals surface area contributed by atoms with Crippen LogP contribution in [0, 0.1) is 5.92 Å². The Kier molecular flexibility index (Phi) is 6.32. The van der Waals surface area contributed by atoms with Crippen LogP contribution in [0.2, 0.25) is 0 Å². The Morgan fingerprint density at radius 1 is 1.26 bits per heavy atom. The van der Waals surface area contributed by atoms with Crippen LogP contribution in [0.3, 0.4) is 0 Å². The largest absolute Gasteiger partial charge is 0.314 e. The number of nitrogens with zero attached hydrogens (tertiary/aromatic N) is 1. The molecule has 1 heterocycles. The van der Waals surface area contributed by atoms with E-state index in [0.717, 1.165) is 23.4 Å². The molecule has 0 saturated heterocycles. The summed E-state index contributed by atoms with van der Waals surface area (Å²) in [7, 11) is 0. The molecule has 1 N–H and O–H groups in total. The highest BCUT2D eigenvalue weighted by molar-refractivity contribution is 9.10. The zero-order valence-corrected chi connectivity index (χ0v) is 13.5. The van der Waals surface area contributed by atoms with Gasteiger partial charge in [0.1, 0.15) is 0 Å². The fraction of sp³-hybridized carbons (Fsp3) is 0.688. The second-order valence-corrected chi connectivity index (χ2v) is 6.55. The molecule has 2 rings (SSSR count). The van der Waals surface area contributed by atoms with E-state index in [1.807, 2.05) is 12.4 Å². The predicted molar refractivity (Wildman–Crippen MR) is 84.3 cm³/mol. The van der Waals surface area contributed by atoms with Crippen molar-refractivity contribution in [3.05, 3.63) is 28.5 Å². The zero-order chi connectivity index (χ0) is 13.5. The molecule has 1 atom stereocenters. The minimum absolute atomic E-state index is 0.610. The molecule has 0 amide bonds. The van der Waals surface area contributed by atoms with E-state index in [4.69, 9.17) is 0 Å². The Morgan fingerprint density at radius 2 is 2.00 bits per heavy atom. The number of halogens is 1. The number of aromatic nitrogens is 1. The highest BCUT2D eigenvalue weighted by Gasteiger charge is 2.22. The van der Waals surface area contributed by atoms with Crippen molar-refractivity contribution in [2.75, 3.05) is 6.54 Å². The van der Waals surface area contributed by atoms with Gasteiger partial charge in [0.25, 0.3) is 0 Å². The Labute approximate surface area is 125 Å². The molecule has 1 aromatic heterocycles. The van der Waals surface area contributed by atoms with Crippen molar-refractivity contribution in [3.8, 4) is 0 Å². The second-order valence-electron chi connectivity index (χ2n) is 5.63. The second kappa shape index (κ2) is 8.01. The van der Waals surface area contributed by atoms with Crippen molar-refractivity contribution in [3.63, 3.8) is 0 Å². The molecule has 0 aliphatic heterocycles. The van der Waals surface area contributed by atoms with Gasteiger partial charge in [0, 0.05) is 22.9 Å².